The molecule has 0 fully saturated rings. The molecule has 0 bridgehead atoms. The number of hydrogen-bond donors (Lipinski definition) is 4. The Balaban J connectivity index is 1.64. The van der Waals surface area contributed by atoms with Crippen molar-refractivity contribution in [1.29, 1.82) is 0 Å². The fraction of sp³-hybridized carbons (Fsp3) is 0.286. The zero-order valence-corrected chi connectivity index (χ0v) is 18.8. The van der Waals surface area contributed by atoms with Crippen molar-refractivity contribution < 1.29 is 19.5 Å². The number of carbonyl (C=O) groups is 3. The van der Waals surface area contributed by atoms with Crippen LogP contribution in [0.4, 0.5) is 0 Å². The molecule has 2 aromatic heterocycles. The molecule has 2 unspecified atom stereocenters. The van der Waals surface area contributed by atoms with Crippen molar-refractivity contribution >= 4 is 41.7 Å². The van der Waals surface area contributed by atoms with E-state index in [4.69, 9.17) is 5.73 Å². The Kier molecular flexibility index (Phi) is 8.01. The topological polar surface area (TPSA) is 140 Å². The number of primary amides is 1. The summed E-state index contributed by atoms with van der Waals surface area (Å²) in [5.41, 5.74) is 6.33. The van der Waals surface area contributed by atoms with Gasteiger partial charge in [0.15, 0.2) is 11.7 Å². The molecule has 32 heavy (non-hydrogen) atoms. The lowest BCUT2D eigenvalue weighted by molar-refractivity contribution is -0.142. The van der Waals surface area contributed by atoms with E-state index < -0.39 is 23.8 Å². The van der Waals surface area contributed by atoms with E-state index >= 15 is 0 Å². The normalized spacial score (nSPS) is 12.8. The smallest absolute Gasteiger partial charge is 0.331 e. The fourth-order valence-corrected chi connectivity index (χ4v) is 4.49. The van der Waals surface area contributed by atoms with Crippen LogP contribution in [0.25, 0.3) is 0 Å². The van der Waals surface area contributed by atoms with Gasteiger partial charge >= 0.3 is 5.97 Å². The molecule has 0 aliphatic heterocycles. The summed E-state index contributed by atoms with van der Waals surface area (Å²) in [7, 11) is 0. The summed E-state index contributed by atoms with van der Waals surface area (Å²) in [5.74, 6) is -2.27. The van der Waals surface area contributed by atoms with Crippen LogP contribution in [0.3, 0.4) is 0 Å². The minimum atomic E-state index is -1.17. The number of carboxylic acids is 1. The van der Waals surface area contributed by atoms with Crippen LogP contribution in [0, 0.1) is 5.92 Å². The summed E-state index contributed by atoms with van der Waals surface area (Å²) in [4.78, 5) is 37.0. The number of thiophene rings is 1. The van der Waals surface area contributed by atoms with E-state index in [1.54, 1.807) is 12.1 Å². The Morgan fingerprint density at radius 2 is 1.94 bits per heavy atom. The molecule has 0 spiro atoms. The molecule has 1 aromatic carbocycles. The van der Waals surface area contributed by atoms with Gasteiger partial charge in [0.05, 0.1) is 12.7 Å². The van der Waals surface area contributed by atoms with Gasteiger partial charge in [-0.25, -0.2) is 9.48 Å². The van der Waals surface area contributed by atoms with E-state index in [2.05, 4.69) is 28.3 Å². The van der Waals surface area contributed by atoms with Crippen LogP contribution in [-0.2, 0) is 22.6 Å². The Bertz CT molecular complexity index is 1080. The molecule has 3 rings (SSSR count). The Hall–Kier alpha value is -3.18. The van der Waals surface area contributed by atoms with Crippen LogP contribution >= 0.6 is 24.0 Å². The van der Waals surface area contributed by atoms with Crippen molar-refractivity contribution in [3.8, 4) is 0 Å². The molecule has 11 heteroatoms. The Morgan fingerprint density at radius 3 is 2.56 bits per heavy atom. The Labute approximate surface area is 194 Å². The quantitative estimate of drug-likeness (QED) is 0.314. The number of rotatable bonds is 11. The van der Waals surface area contributed by atoms with Crippen molar-refractivity contribution in [2.45, 2.75) is 25.4 Å². The van der Waals surface area contributed by atoms with Gasteiger partial charge < -0.3 is 16.2 Å². The van der Waals surface area contributed by atoms with E-state index in [1.807, 2.05) is 30.3 Å². The van der Waals surface area contributed by atoms with Gasteiger partial charge in [0, 0.05) is 21.4 Å². The highest BCUT2D eigenvalue weighted by atomic mass is 32.1. The SMILES string of the molecule is NC(=O)c1cn(Cc2ccc(C(NC(=O)C(CS)CCc3ccccc3)C(=O)O)s2)nn1. The highest BCUT2D eigenvalue weighted by Gasteiger charge is 2.27. The second-order valence-corrected chi connectivity index (χ2v) is 8.72. The minimum absolute atomic E-state index is 0.0470. The maximum atomic E-state index is 12.8. The third-order valence-corrected chi connectivity index (χ3v) is 6.40. The summed E-state index contributed by atoms with van der Waals surface area (Å²) in [6.07, 6.45) is 2.68. The highest BCUT2D eigenvalue weighted by Crippen LogP contribution is 2.25. The van der Waals surface area contributed by atoms with Gasteiger partial charge in [0.1, 0.15) is 0 Å². The number of aliphatic carboxylic acids is 1. The van der Waals surface area contributed by atoms with Gasteiger partial charge in [-0.2, -0.15) is 12.6 Å². The summed E-state index contributed by atoms with van der Waals surface area (Å²) in [6, 6.07) is 12.0. The maximum absolute atomic E-state index is 12.8. The lowest BCUT2D eigenvalue weighted by Gasteiger charge is -2.18. The molecule has 2 amide bonds. The lowest BCUT2D eigenvalue weighted by Crippen LogP contribution is -2.38. The molecule has 0 aliphatic rings. The van der Waals surface area contributed by atoms with Gasteiger partial charge in [0.25, 0.3) is 5.91 Å². The molecule has 2 heterocycles. The number of nitrogens with zero attached hydrogens (tertiary/aromatic N) is 3. The molecule has 0 aliphatic carbocycles. The molecule has 9 nitrogen and oxygen atoms in total. The number of aryl methyl sites for hydroxylation is 1. The third-order valence-electron chi connectivity index (χ3n) is 4.82. The fourth-order valence-electron chi connectivity index (χ4n) is 3.09. The standard InChI is InChI=1S/C21H23N5O4S2/c22-19(27)16-11-26(25-24-16)10-15-8-9-17(32-15)18(21(29)30)23-20(28)14(12-31)7-6-13-4-2-1-3-5-13/h1-5,8-9,11,14,18,31H,6-7,10,12H2,(H2,22,27)(H,23,28)(H,29,30). The number of thiol groups is 1. The third kappa shape index (κ3) is 6.17. The molecule has 4 N–H and O–H groups in total. The van der Waals surface area contributed by atoms with Gasteiger partial charge in [0.2, 0.25) is 5.91 Å². The summed E-state index contributed by atoms with van der Waals surface area (Å²) in [6.45, 7) is 0.293. The molecule has 168 valence electrons. The van der Waals surface area contributed by atoms with E-state index in [9.17, 15) is 19.5 Å². The molecule has 0 radical (unpaired) electrons. The van der Waals surface area contributed by atoms with Gasteiger partial charge in [-0.3, -0.25) is 9.59 Å². The van der Waals surface area contributed by atoms with E-state index in [-0.39, 0.29) is 11.6 Å². The maximum Gasteiger partial charge on any atom is 0.331 e. The predicted octanol–water partition coefficient (Wildman–Crippen LogP) is 1.91. The number of benzene rings is 1. The number of carbonyl (C=O) groups excluding carboxylic acids is 2. The van der Waals surface area contributed by atoms with Crippen LogP contribution in [0.2, 0.25) is 0 Å². The highest BCUT2D eigenvalue weighted by molar-refractivity contribution is 7.80. The first kappa shape index (κ1) is 23.5. The minimum Gasteiger partial charge on any atom is -0.479 e. The van der Waals surface area contributed by atoms with Crippen LogP contribution < -0.4 is 11.1 Å². The van der Waals surface area contributed by atoms with Gasteiger partial charge in [-0.15, -0.1) is 16.4 Å². The zero-order chi connectivity index (χ0) is 23.1. The van der Waals surface area contributed by atoms with Crippen LogP contribution in [0.1, 0.15) is 38.3 Å². The number of aromatic nitrogens is 3. The summed E-state index contributed by atoms with van der Waals surface area (Å²) >= 11 is 5.52. The molecular weight excluding hydrogens is 450 g/mol. The second kappa shape index (κ2) is 10.9. The van der Waals surface area contributed by atoms with Crippen molar-refractivity contribution in [2.24, 2.45) is 11.7 Å². The molecule has 2 atom stereocenters. The molecular formula is C21H23N5O4S2. The number of nitrogens with two attached hydrogens (primary N) is 1. The van der Waals surface area contributed by atoms with Gasteiger partial charge in [-0.1, -0.05) is 35.5 Å². The summed E-state index contributed by atoms with van der Waals surface area (Å²) in [5, 5.41) is 19.8. The molecule has 3 aromatic rings. The molecule has 0 saturated heterocycles. The van der Waals surface area contributed by atoms with Crippen LogP contribution in [0.15, 0.2) is 48.7 Å². The first-order valence-electron chi connectivity index (χ1n) is 9.84. The van der Waals surface area contributed by atoms with Crippen LogP contribution in [0.5, 0.6) is 0 Å². The largest absolute Gasteiger partial charge is 0.479 e. The second-order valence-electron chi connectivity index (χ2n) is 7.15. The first-order valence-corrected chi connectivity index (χ1v) is 11.3. The lowest BCUT2D eigenvalue weighted by atomic mass is 9.99. The van der Waals surface area contributed by atoms with Crippen LogP contribution in [-0.4, -0.2) is 43.6 Å². The number of carboxylic acid groups (broad SMARTS) is 1. The van der Waals surface area contributed by atoms with Crippen molar-refractivity contribution in [1.82, 2.24) is 20.3 Å². The van der Waals surface area contributed by atoms with Gasteiger partial charge in [-0.05, 0) is 30.5 Å². The zero-order valence-electron chi connectivity index (χ0n) is 17.0. The number of hydrogen-bond acceptors (Lipinski definition) is 7. The van der Waals surface area contributed by atoms with E-state index in [0.717, 1.165) is 10.4 Å². The molecule has 0 saturated carbocycles. The monoisotopic (exact) mass is 473 g/mol. The van der Waals surface area contributed by atoms with Crippen molar-refractivity contribution in [3.63, 3.8) is 0 Å². The summed E-state index contributed by atoms with van der Waals surface area (Å²) < 4.78 is 1.44. The number of nitrogens with one attached hydrogen (secondary N) is 1. The first-order chi connectivity index (χ1) is 15.4. The van der Waals surface area contributed by atoms with Crippen molar-refractivity contribution in [3.05, 3.63) is 69.7 Å². The number of amides is 2. The van der Waals surface area contributed by atoms with E-state index in [1.165, 1.54) is 22.2 Å². The van der Waals surface area contributed by atoms with Crippen molar-refractivity contribution in [2.75, 3.05) is 5.75 Å². The average molecular weight is 474 g/mol. The van der Waals surface area contributed by atoms with E-state index in [0.29, 0.717) is 30.0 Å². The average Bonchev–Trinajstić information content (AvgIpc) is 3.43. The Morgan fingerprint density at radius 1 is 1.19 bits per heavy atom. The predicted molar refractivity (Wildman–Crippen MR) is 123 cm³/mol.